The lowest BCUT2D eigenvalue weighted by Gasteiger charge is -2.03. The third kappa shape index (κ3) is 2.86. The Labute approximate surface area is 112 Å². The van der Waals surface area contributed by atoms with E-state index in [1.54, 1.807) is 17.5 Å². The summed E-state index contributed by atoms with van der Waals surface area (Å²) in [6.07, 6.45) is 0. The Morgan fingerprint density at radius 3 is 2.83 bits per heavy atom. The summed E-state index contributed by atoms with van der Waals surface area (Å²) in [5.41, 5.74) is 1.68. The van der Waals surface area contributed by atoms with Crippen LogP contribution in [-0.2, 0) is 16.6 Å². The number of carboxylic acids is 1. The minimum absolute atomic E-state index is 0.245. The van der Waals surface area contributed by atoms with Gasteiger partial charge in [-0.25, -0.2) is 4.79 Å². The van der Waals surface area contributed by atoms with Gasteiger partial charge in [0, 0.05) is 4.90 Å². The summed E-state index contributed by atoms with van der Waals surface area (Å²) in [5.74, 6) is -0.713. The minimum Gasteiger partial charge on any atom is -0.477 e. The van der Waals surface area contributed by atoms with E-state index >= 15 is 0 Å². The summed E-state index contributed by atoms with van der Waals surface area (Å²) in [5, 5.41) is 10.7. The molecule has 0 aliphatic carbocycles. The summed E-state index contributed by atoms with van der Waals surface area (Å²) < 4.78 is 12.2. The van der Waals surface area contributed by atoms with Crippen LogP contribution < -0.4 is 0 Å². The second-order valence-electron chi connectivity index (χ2n) is 3.89. The van der Waals surface area contributed by atoms with Crippen LogP contribution >= 0.6 is 11.3 Å². The number of hydrogen-bond acceptors (Lipinski definition) is 3. The second-order valence-corrected chi connectivity index (χ2v) is 6.25. The fourth-order valence-corrected chi connectivity index (χ4v) is 3.71. The van der Waals surface area contributed by atoms with Gasteiger partial charge in [-0.2, -0.15) is 0 Å². The maximum atomic E-state index is 12.2. The number of carboxylic acid groups (broad SMARTS) is 1. The Kier molecular flexibility index (Phi) is 3.93. The van der Waals surface area contributed by atoms with E-state index < -0.39 is 16.8 Å². The van der Waals surface area contributed by atoms with Crippen molar-refractivity contribution < 1.29 is 14.1 Å². The van der Waals surface area contributed by atoms with Gasteiger partial charge < -0.3 is 5.11 Å². The highest BCUT2D eigenvalue weighted by Gasteiger charge is 2.14. The van der Waals surface area contributed by atoms with E-state index in [0.29, 0.717) is 5.56 Å². The highest BCUT2D eigenvalue weighted by Crippen LogP contribution is 2.21. The smallest absolute Gasteiger partial charge is 0.346 e. The summed E-state index contributed by atoms with van der Waals surface area (Å²) in [4.78, 5) is 12.0. The first-order chi connectivity index (χ1) is 8.58. The van der Waals surface area contributed by atoms with Crippen molar-refractivity contribution in [3.05, 3.63) is 51.7 Å². The molecule has 0 radical (unpaired) electrons. The normalized spacial score (nSPS) is 12.3. The van der Waals surface area contributed by atoms with Gasteiger partial charge in [-0.3, -0.25) is 4.21 Å². The van der Waals surface area contributed by atoms with Crippen LogP contribution in [-0.4, -0.2) is 15.3 Å². The van der Waals surface area contributed by atoms with E-state index in [4.69, 9.17) is 5.11 Å². The first kappa shape index (κ1) is 13.0. The van der Waals surface area contributed by atoms with Crippen LogP contribution in [0.3, 0.4) is 0 Å². The van der Waals surface area contributed by atoms with Crippen molar-refractivity contribution in [2.24, 2.45) is 0 Å². The van der Waals surface area contributed by atoms with Crippen molar-refractivity contribution >= 4 is 28.1 Å². The molecule has 1 unspecified atom stereocenters. The number of carbonyl (C=O) groups is 1. The standard InChI is InChI=1S/C13H12O3S2/c1-9-3-2-4-11(7-9)18(16)8-10-5-6-17-12(10)13(14)15/h2-7H,8H2,1H3,(H,14,15). The Balaban J connectivity index is 2.21. The highest BCUT2D eigenvalue weighted by molar-refractivity contribution is 7.84. The Hall–Kier alpha value is -1.46. The van der Waals surface area contributed by atoms with Crippen molar-refractivity contribution in [3.63, 3.8) is 0 Å². The van der Waals surface area contributed by atoms with Crippen molar-refractivity contribution in [2.75, 3.05) is 0 Å². The quantitative estimate of drug-likeness (QED) is 0.936. The fraction of sp³-hybridized carbons (Fsp3) is 0.154. The predicted molar refractivity (Wildman–Crippen MR) is 72.6 cm³/mol. The molecule has 3 nitrogen and oxygen atoms in total. The monoisotopic (exact) mass is 280 g/mol. The zero-order valence-electron chi connectivity index (χ0n) is 9.75. The zero-order chi connectivity index (χ0) is 13.1. The van der Waals surface area contributed by atoms with E-state index in [2.05, 4.69) is 0 Å². The Bertz CT molecular complexity index is 602. The van der Waals surface area contributed by atoms with E-state index in [1.165, 1.54) is 0 Å². The number of aryl methyl sites for hydroxylation is 1. The molecule has 0 aliphatic heterocycles. The molecule has 0 bridgehead atoms. The number of rotatable bonds is 4. The first-order valence-electron chi connectivity index (χ1n) is 5.32. The van der Waals surface area contributed by atoms with Gasteiger partial charge in [0.15, 0.2) is 0 Å². The lowest BCUT2D eigenvalue weighted by Crippen LogP contribution is -2.02. The molecule has 0 fully saturated rings. The van der Waals surface area contributed by atoms with E-state index in [9.17, 15) is 9.00 Å². The van der Waals surface area contributed by atoms with Gasteiger partial charge in [0.05, 0.1) is 16.6 Å². The maximum Gasteiger partial charge on any atom is 0.346 e. The summed E-state index contributed by atoms with van der Waals surface area (Å²) in [7, 11) is -1.21. The molecule has 94 valence electrons. The number of hydrogen-bond donors (Lipinski definition) is 1. The minimum atomic E-state index is -1.21. The molecule has 1 aromatic carbocycles. The summed E-state index contributed by atoms with van der Waals surface area (Å²) in [6, 6.07) is 9.18. The van der Waals surface area contributed by atoms with Crippen LogP contribution in [0, 0.1) is 6.92 Å². The van der Waals surface area contributed by atoms with Gasteiger partial charge >= 0.3 is 5.97 Å². The summed E-state index contributed by atoms with van der Waals surface area (Å²) in [6.45, 7) is 1.94. The number of thiophene rings is 1. The first-order valence-corrected chi connectivity index (χ1v) is 7.52. The molecule has 0 saturated heterocycles. The molecule has 1 N–H and O–H groups in total. The highest BCUT2D eigenvalue weighted by atomic mass is 32.2. The lowest BCUT2D eigenvalue weighted by atomic mass is 10.2. The van der Waals surface area contributed by atoms with Gasteiger partial charge in [0.2, 0.25) is 0 Å². The molecular formula is C13H12O3S2. The predicted octanol–water partition coefficient (Wildman–Crippen LogP) is 3.06. The Morgan fingerprint density at radius 1 is 1.39 bits per heavy atom. The van der Waals surface area contributed by atoms with Crippen molar-refractivity contribution in [3.8, 4) is 0 Å². The van der Waals surface area contributed by atoms with Gasteiger partial charge in [-0.15, -0.1) is 11.3 Å². The van der Waals surface area contributed by atoms with Crippen molar-refractivity contribution in [2.45, 2.75) is 17.6 Å². The van der Waals surface area contributed by atoms with Crippen molar-refractivity contribution in [1.82, 2.24) is 0 Å². The summed E-state index contributed by atoms with van der Waals surface area (Å²) >= 11 is 1.16. The van der Waals surface area contributed by atoms with Crippen molar-refractivity contribution in [1.29, 1.82) is 0 Å². The van der Waals surface area contributed by atoms with Crippen LogP contribution in [0.5, 0.6) is 0 Å². The topological polar surface area (TPSA) is 54.4 Å². The molecule has 5 heteroatoms. The average Bonchev–Trinajstić information content (AvgIpc) is 2.77. The molecule has 1 heterocycles. The molecule has 0 amide bonds. The third-order valence-corrected chi connectivity index (χ3v) is 4.78. The molecule has 0 saturated carbocycles. The number of benzene rings is 1. The van der Waals surface area contributed by atoms with Gasteiger partial charge in [-0.05, 0) is 41.6 Å². The van der Waals surface area contributed by atoms with Gasteiger partial charge in [0.25, 0.3) is 0 Å². The van der Waals surface area contributed by atoms with Gasteiger partial charge in [0.1, 0.15) is 4.88 Å². The molecule has 2 aromatic rings. The maximum absolute atomic E-state index is 12.2. The van der Waals surface area contributed by atoms with E-state index in [0.717, 1.165) is 21.8 Å². The van der Waals surface area contributed by atoms with E-state index in [-0.39, 0.29) is 10.6 Å². The SMILES string of the molecule is Cc1cccc(S(=O)Cc2ccsc2C(=O)O)c1. The average molecular weight is 280 g/mol. The zero-order valence-corrected chi connectivity index (χ0v) is 11.4. The van der Waals surface area contributed by atoms with Crippen LogP contribution in [0.1, 0.15) is 20.8 Å². The molecule has 0 spiro atoms. The molecule has 18 heavy (non-hydrogen) atoms. The molecule has 2 rings (SSSR count). The molecule has 1 atom stereocenters. The van der Waals surface area contributed by atoms with E-state index in [1.807, 2.05) is 25.1 Å². The van der Waals surface area contributed by atoms with Crippen LogP contribution in [0.25, 0.3) is 0 Å². The third-order valence-electron chi connectivity index (χ3n) is 2.48. The second kappa shape index (κ2) is 5.46. The van der Waals surface area contributed by atoms with Crippen LogP contribution in [0.4, 0.5) is 0 Å². The van der Waals surface area contributed by atoms with Crippen LogP contribution in [0.2, 0.25) is 0 Å². The van der Waals surface area contributed by atoms with Gasteiger partial charge in [-0.1, -0.05) is 12.1 Å². The molecule has 1 aromatic heterocycles. The molecule has 0 aliphatic rings. The number of aromatic carboxylic acids is 1. The largest absolute Gasteiger partial charge is 0.477 e. The molecular weight excluding hydrogens is 268 g/mol. The lowest BCUT2D eigenvalue weighted by molar-refractivity contribution is 0.0701. The fourth-order valence-electron chi connectivity index (χ4n) is 1.62. The Morgan fingerprint density at radius 2 is 2.17 bits per heavy atom. The van der Waals surface area contributed by atoms with Crippen LogP contribution in [0.15, 0.2) is 40.6 Å².